The zero-order chi connectivity index (χ0) is 15.4. The van der Waals surface area contributed by atoms with E-state index in [1.807, 2.05) is 0 Å². The molecule has 5 heteroatoms. The first-order valence-corrected chi connectivity index (χ1v) is 6.74. The molecule has 2 rings (SSSR count). The lowest BCUT2D eigenvalue weighted by atomic mass is 10.0. The zero-order valence-electron chi connectivity index (χ0n) is 12.0. The van der Waals surface area contributed by atoms with Crippen molar-refractivity contribution in [1.29, 1.82) is 0 Å². The van der Waals surface area contributed by atoms with Gasteiger partial charge in [0.1, 0.15) is 11.6 Å². The number of hydrogen-bond acceptors (Lipinski definition) is 3. The Bertz CT molecular complexity index is 631. The van der Waals surface area contributed by atoms with Crippen LogP contribution in [-0.2, 0) is 0 Å². The predicted octanol–water partition coefficient (Wildman–Crippen LogP) is 4.18. The molecular weight excluding hydrogens is 295 g/mol. The Morgan fingerprint density at radius 2 is 1.57 bits per heavy atom. The average molecular weight is 311 g/mol. The molecule has 1 atom stereocenters. The Morgan fingerprint density at radius 1 is 0.905 bits per heavy atom. The van der Waals surface area contributed by atoms with Crippen molar-refractivity contribution >= 4 is 11.6 Å². The maximum absolute atomic E-state index is 14.1. The second-order valence-corrected chi connectivity index (χ2v) is 4.77. The number of benzene rings is 2. The Labute approximate surface area is 128 Å². The first-order valence-electron chi connectivity index (χ1n) is 6.30. The average Bonchev–Trinajstić information content (AvgIpc) is 2.53. The third kappa shape index (κ3) is 3.05. The molecule has 2 aromatic carbocycles. The predicted molar refractivity (Wildman–Crippen MR) is 80.2 cm³/mol. The van der Waals surface area contributed by atoms with Gasteiger partial charge in [0.05, 0.1) is 32.3 Å². The van der Waals surface area contributed by atoms with Crippen LogP contribution >= 0.6 is 11.6 Å². The second-order valence-electron chi connectivity index (χ2n) is 4.33. The lowest BCUT2D eigenvalue weighted by Gasteiger charge is -2.17. The van der Waals surface area contributed by atoms with Gasteiger partial charge in [0.25, 0.3) is 0 Å². The summed E-state index contributed by atoms with van der Waals surface area (Å²) in [5, 5.41) is -0.694. The van der Waals surface area contributed by atoms with Crippen LogP contribution in [0.3, 0.4) is 0 Å². The maximum atomic E-state index is 14.1. The van der Waals surface area contributed by atoms with Crippen molar-refractivity contribution in [3.05, 3.63) is 53.3 Å². The highest BCUT2D eigenvalue weighted by molar-refractivity contribution is 6.22. The van der Waals surface area contributed by atoms with Crippen molar-refractivity contribution in [1.82, 2.24) is 0 Å². The second kappa shape index (κ2) is 6.68. The van der Waals surface area contributed by atoms with Crippen molar-refractivity contribution in [2.45, 2.75) is 5.38 Å². The molecular formula is C16H16ClFO3. The van der Waals surface area contributed by atoms with Crippen LogP contribution in [0, 0.1) is 5.82 Å². The van der Waals surface area contributed by atoms with Gasteiger partial charge in [-0.05, 0) is 29.8 Å². The number of hydrogen-bond donors (Lipinski definition) is 0. The fourth-order valence-corrected chi connectivity index (χ4v) is 2.47. The van der Waals surface area contributed by atoms with Gasteiger partial charge in [-0.1, -0.05) is 12.1 Å². The summed E-state index contributed by atoms with van der Waals surface area (Å²) in [7, 11) is 4.57. The van der Waals surface area contributed by atoms with Crippen molar-refractivity contribution in [3.63, 3.8) is 0 Å². The van der Waals surface area contributed by atoms with Gasteiger partial charge in [0.2, 0.25) is 0 Å². The highest BCUT2D eigenvalue weighted by atomic mass is 35.5. The van der Waals surface area contributed by atoms with Crippen LogP contribution in [0.4, 0.5) is 4.39 Å². The summed E-state index contributed by atoms with van der Waals surface area (Å²) in [6.45, 7) is 0. The molecule has 0 fully saturated rings. The van der Waals surface area contributed by atoms with E-state index in [1.165, 1.54) is 20.3 Å². The SMILES string of the molecule is COc1ccc(C(Cl)c2c(F)cccc2OC)cc1OC. The topological polar surface area (TPSA) is 27.7 Å². The fraction of sp³-hybridized carbons (Fsp3) is 0.250. The molecule has 2 aromatic rings. The molecule has 0 saturated heterocycles. The molecule has 0 aliphatic carbocycles. The number of halogens is 2. The molecule has 0 N–H and O–H groups in total. The summed E-state index contributed by atoms with van der Waals surface area (Å²) in [4.78, 5) is 0. The summed E-state index contributed by atoms with van der Waals surface area (Å²) in [5.41, 5.74) is 0.992. The van der Waals surface area contributed by atoms with Crippen LogP contribution in [0.1, 0.15) is 16.5 Å². The molecule has 3 nitrogen and oxygen atoms in total. The van der Waals surface area contributed by atoms with Crippen LogP contribution in [0.5, 0.6) is 17.2 Å². The lowest BCUT2D eigenvalue weighted by Crippen LogP contribution is -2.02. The van der Waals surface area contributed by atoms with Crippen molar-refractivity contribution in [3.8, 4) is 17.2 Å². The molecule has 0 spiro atoms. The van der Waals surface area contributed by atoms with Gasteiger partial charge in [-0.2, -0.15) is 0 Å². The van der Waals surface area contributed by atoms with Crippen LogP contribution < -0.4 is 14.2 Å². The molecule has 21 heavy (non-hydrogen) atoms. The van der Waals surface area contributed by atoms with E-state index in [4.69, 9.17) is 25.8 Å². The lowest BCUT2D eigenvalue weighted by molar-refractivity contribution is 0.354. The highest BCUT2D eigenvalue weighted by Gasteiger charge is 2.21. The molecule has 0 amide bonds. The first-order chi connectivity index (χ1) is 10.1. The van der Waals surface area contributed by atoms with E-state index in [0.29, 0.717) is 28.4 Å². The van der Waals surface area contributed by atoms with Crippen LogP contribution in [0.15, 0.2) is 36.4 Å². The normalized spacial score (nSPS) is 11.9. The van der Waals surface area contributed by atoms with E-state index in [1.54, 1.807) is 37.4 Å². The van der Waals surface area contributed by atoms with Gasteiger partial charge in [0, 0.05) is 0 Å². The summed E-state index contributed by atoms with van der Waals surface area (Å²) in [6.07, 6.45) is 0. The summed E-state index contributed by atoms with van der Waals surface area (Å²) in [5.74, 6) is 1.12. The zero-order valence-corrected chi connectivity index (χ0v) is 12.8. The standard InChI is InChI=1S/C16H16ClFO3/c1-19-12-8-7-10(9-14(12)21-3)16(17)15-11(18)5-4-6-13(15)20-2/h4-9,16H,1-3H3. The fourth-order valence-electron chi connectivity index (χ4n) is 2.12. The monoisotopic (exact) mass is 310 g/mol. The number of rotatable bonds is 5. The molecule has 0 heterocycles. The van der Waals surface area contributed by atoms with Crippen molar-refractivity contribution < 1.29 is 18.6 Å². The molecule has 0 bridgehead atoms. The Balaban J connectivity index is 2.47. The maximum Gasteiger partial charge on any atom is 0.161 e. The van der Waals surface area contributed by atoms with E-state index < -0.39 is 11.2 Å². The van der Waals surface area contributed by atoms with Crippen LogP contribution in [-0.4, -0.2) is 21.3 Å². The van der Waals surface area contributed by atoms with Gasteiger partial charge in [-0.3, -0.25) is 0 Å². The van der Waals surface area contributed by atoms with E-state index in [0.717, 1.165) is 0 Å². The number of alkyl halides is 1. The van der Waals surface area contributed by atoms with Crippen molar-refractivity contribution in [2.75, 3.05) is 21.3 Å². The smallest absolute Gasteiger partial charge is 0.161 e. The highest BCUT2D eigenvalue weighted by Crippen LogP contribution is 2.39. The van der Waals surface area contributed by atoms with Crippen molar-refractivity contribution in [2.24, 2.45) is 0 Å². The van der Waals surface area contributed by atoms with Gasteiger partial charge >= 0.3 is 0 Å². The largest absolute Gasteiger partial charge is 0.496 e. The Kier molecular flexibility index (Phi) is 4.91. The van der Waals surface area contributed by atoms with Crippen LogP contribution in [0.25, 0.3) is 0 Å². The van der Waals surface area contributed by atoms with E-state index in [-0.39, 0.29) is 0 Å². The van der Waals surface area contributed by atoms with E-state index in [9.17, 15) is 4.39 Å². The summed E-state index contributed by atoms with van der Waals surface area (Å²) < 4.78 is 29.7. The first kappa shape index (κ1) is 15.4. The van der Waals surface area contributed by atoms with Gasteiger partial charge in [-0.25, -0.2) is 4.39 Å². The molecule has 0 aliphatic rings. The third-order valence-electron chi connectivity index (χ3n) is 3.19. The molecule has 1 unspecified atom stereocenters. The minimum absolute atomic E-state index is 0.300. The summed E-state index contributed by atoms with van der Waals surface area (Å²) in [6, 6.07) is 9.84. The molecule has 0 aliphatic heterocycles. The molecule has 0 saturated carbocycles. The van der Waals surface area contributed by atoms with Gasteiger partial charge in [-0.15, -0.1) is 11.6 Å². The molecule has 112 valence electrons. The van der Waals surface area contributed by atoms with Gasteiger partial charge < -0.3 is 14.2 Å². The Morgan fingerprint density at radius 3 is 2.19 bits per heavy atom. The summed E-state index contributed by atoms with van der Waals surface area (Å²) >= 11 is 6.43. The quantitative estimate of drug-likeness (QED) is 0.775. The van der Waals surface area contributed by atoms with Gasteiger partial charge in [0.15, 0.2) is 11.5 Å². The molecule has 0 aromatic heterocycles. The molecule has 0 radical (unpaired) electrons. The minimum atomic E-state index is -0.694. The van der Waals surface area contributed by atoms with E-state index in [2.05, 4.69) is 0 Å². The van der Waals surface area contributed by atoms with E-state index >= 15 is 0 Å². The number of methoxy groups -OCH3 is 3. The van der Waals surface area contributed by atoms with Crippen LogP contribution in [0.2, 0.25) is 0 Å². The third-order valence-corrected chi connectivity index (χ3v) is 3.66. The Hall–Kier alpha value is -1.94. The minimum Gasteiger partial charge on any atom is -0.496 e. The number of ether oxygens (including phenoxy) is 3.